The molecule has 206 valence electrons. The van der Waals surface area contributed by atoms with Crippen molar-refractivity contribution in [2.24, 2.45) is 0 Å². The molecule has 0 radical (unpaired) electrons. The zero-order valence-electron chi connectivity index (χ0n) is 21.6. The third-order valence-electron chi connectivity index (χ3n) is 6.82. The molecule has 0 unspecified atom stereocenters. The summed E-state index contributed by atoms with van der Waals surface area (Å²) in [6.07, 6.45) is 3.95. The van der Waals surface area contributed by atoms with E-state index in [1.165, 1.54) is 23.1 Å². The lowest BCUT2D eigenvalue weighted by molar-refractivity contribution is -0.139. The van der Waals surface area contributed by atoms with Crippen molar-refractivity contribution >= 4 is 55.1 Å². The van der Waals surface area contributed by atoms with E-state index in [0.29, 0.717) is 5.02 Å². The second-order valence-corrected chi connectivity index (χ2v) is 12.8. The van der Waals surface area contributed by atoms with Gasteiger partial charge in [0, 0.05) is 22.1 Å². The van der Waals surface area contributed by atoms with Crippen molar-refractivity contribution in [2.75, 3.05) is 10.8 Å². The molecule has 1 fully saturated rings. The van der Waals surface area contributed by atoms with Gasteiger partial charge in [-0.2, -0.15) is 0 Å². The van der Waals surface area contributed by atoms with Crippen LogP contribution in [0.4, 0.5) is 5.69 Å². The topological polar surface area (TPSA) is 86.8 Å². The van der Waals surface area contributed by atoms with Crippen molar-refractivity contribution in [3.8, 4) is 0 Å². The van der Waals surface area contributed by atoms with E-state index in [0.717, 1.165) is 40.0 Å². The number of carbonyl (C=O) groups is 2. The van der Waals surface area contributed by atoms with Crippen molar-refractivity contribution < 1.29 is 18.0 Å². The van der Waals surface area contributed by atoms with Crippen LogP contribution in [-0.2, 0) is 26.2 Å². The minimum atomic E-state index is -4.12. The van der Waals surface area contributed by atoms with Crippen molar-refractivity contribution in [3.05, 3.63) is 93.9 Å². The first-order valence-electron chi connectivity index (χ1n) is 12.8. The maximum Gasteiger partial charge on any atom is 0.264 e. The number of sulfonamides is 1. The zero-order valence-corrected chi connectivity index (χ0v) is 24.8. The Bertz CT molecular complexity index is 1410. The second kappa shape index (κ2) is 13.0. The Labute approximate surface area is 243 Å². The zero-order chi connectivity index (χ0) is 28.0. The number of hydrogen-bond donors (Lipinski definition) is 1. The summed E-state index contributed by atoms with van der Waals surface area (Å²) in [7, 11) is -4.12. The SMILES string of the molecule is C[C@H](C(=O)NC1CCCC1)N(Cc1cccc(Br)c1)C(=O)CN(c1cccc(Cl)c1)S(=O)(=O)c1ccccc1. The number of halogens is 2. The molecule has 0 spiro atoms. The van der Waals surface area contributed by atoms with Crippen LogP contribution < -0.4 is 9.62 Å². The van der Waals surface area contributed by atoms with Gasteiger partial charge in [-0.05, 0) is 67.8 Å². The van der Waals surface area contributed by atoms with E-state index >= 15 is 0 Å². The number of anilines is 1. The fraction of sp³-hybridized carbons (Fsp3) is 0.310. The van der Waals surface area contributed by atoms with E-state index in [-0.39, 0.29) is 29.1 Å². The maximum atomic E-state index is 14.0. The molecule has 1 aliphatic carbocycles. The van der Waals surface area contributed by atoms with Gasteiger partial charge in [0.2, 0.25) is 11.8 Å². The van der Waals surface area contributed by atoms with Gasteiger partial charge in [0.25, 0.3) is 10.0 Å². The molecule has 1 aliphatic rings. The smallest absolute Gasteiger partial charge is 0.264 e. The Hall–Kier alpha value is -2.88. The third kappa shape index (κ3) is 7.41. The number of hydrogen-bond acceptors (Lipinski definition) is 4. The lowest BCUT2D eigenvalue weighted by Gasteiger charge is -2.32. The van der Waals surface area contributed by atoms with Gasteiger partial charge in [-0.1, -0.05) is 76.8 Å². The van der Waals surface area contributed by atoms with Gasteiger partial charge in [0.1, 0.15) is 12.6 Å². The van der Waals surface area contributed by atoms with E-state index in [1.807, 2.05) is 24.3 Å². The van der Waals surface area contributed by atoms with Crippen LogP contribution in [0.25, 0.3) is 0 Å². The van der Waals surface area contributed by atoms with Crippen LogP contribution in [0.2, 0.25) is 5.02 Å². The molecule has 3 aromatic carbocycles. The quantitative estimate of drug-likeness (QED) is 0.307. The number of benzene rings is 3. The predicted molar refractivity (Wildman–Crippen MR) is 157 cm³/mol. The second-order valence-electron chi connectivity index (χ2n) is 9.62. The van der Waals surface area contributed by atoms with Crippen LogP contribution in [0.5, 0.6) is 0 Å². The van der Waals surface area contributed by atoms with Crippen molar-refractivity contribution in [1.29, 1.82) is 0 Å². The van der Waals surface area contributed by atoms with Crippen LogP contribution in [0.3, 0.4) is 0 Å². The first kappa shape index (κ1) is 29.1. The molecule has 7 nitrogen and oxygen atoms in total. The molecule has 0 saturated heterocycles. The van der Waals surface area contributed by atoms with E-state index in [9.17, 15) is 18.0 Å². The van der Waals surface area contributed by atoms with Gasteiger partial charge in [-0.15, -0.1) is 0 Å². The van der Waals surface area contributed by atoms with Crippen LogP contribution >= 0.6 is 27.5 Å². The monoisotopic (exact) mass is 631 g/mol. The summed E-state index contributed by atoms with van der Waals surface area (Å²) in [6.45, 7) is 1.30. The number of nitrogens with one attached hydrogen (secondary N) is 1. The fourth-order valence-electron chi connectivity index (χ4n) is 4.69. The van der Waals surface area contributed by atoms with Crippen LogP contribution in [0.1, 0.15) is 38.2 Å². The first-order chi connectivity index (χ1) is 18.6. The van der Waals surface area contributed by atoms with E-state index in [2.05, 4.69) is 21.2 Å². The van der Waals surface area contributed by atoms with Crippen molar-refractivity contribution in [2.45, 2.75) is 56.1 Å². The average Bonchev–Trinajstić information content (AvgIpc) is 3.43. The Morgan fingerprint density at radius 2 is 1.69 bits per heavy atom. The highest BCUT2D eigenvalue weighted by atomic mass is 79.9. The average molecular weight is 633 g/mol. The molecule has 0 aromatic heterocycles. The van der Waals surface area contributed by atoms with Gasteiger partial charge >= 0.3 is 0 Å². The van der Waals surface area contributed by atoms with Crippen LogP contribution in [0, 0.1) is 0 Å². The van der Waals surface area contributed by atoms with Gasteiger partial charge in [-0.3, -0.25) is 13.9 Å². The molecule has 4 rings (SSSR count). The van der Waals surface area contributed by atoms with E-state index < -0.39 is 28.5 Å². The summed E-state index contributed by atoms with van der Waals surface area (Å²) < 4.78 is 29.4. The number of amides is 2. The summed E-state index contributed by atoms with van der Waals surface area (Å²) in [5, 5.41) is 3.40. The molecule has 1 atom stereocenters. The highest BCUT2D eigenvalue weighted by Gasteiger charge is 2.33. The maximum absolute atomic E-state index is 14.0. The minimum Gasteiger partial charge on any atom is -0.352 e. The van der Waals surface area contributed by atoms with Gasteiger partial charge < -0.3 is 10.2 Å². The Kier molecular flexibility index (Phi) is 9.69. The summed E-state index contributed by atoms with van der Waals surface area (Å²) in [5.41, 5.74) is 1.06. The highest BCUT2D eigenvalue weighted by molar-refractivity contribution is 9.10. The predicted octanol–water partition coefficient (Wildman–Crippen LogP) is 5.77. The van der Waals surface area contributed by atoms with Crippen LogP contribution in [-0.4, -0.2) is 43.8 Å². The minimum absolute atomic E-state index is 0.0448. The van der Waals surface area contributed by atoms with Crippen molar-refractivity contribution in [3.63, 3.8) is 0 Å². The fourth-order valence-corrected chi connectivity index (χ4v) is 6.74. The Morgan fingerprint density at radius 3 is 2.36 bits per heavy atom. The molecular weight excluding hydrogens is 602 g/mol. The lowest BCUT2D eigenvalue weighted by atomic mass is 10.1. The Balaban J connectivity index is 1.68. The first-order valence-corrected chi connectivity index (χ1v) is 15.4. The van der Waals surface area contributed by atoms with Gasteiger partial charge in [0.05, 0.1) is 10.6 Å². The summed E-state index contributed by atoms with van der Waals surface area (Å²) in [4.78, 5) is 28.7. The Morgan fingerprint density at radius 1 is 1.00 bits per heavy atom. The number of rotatable bonds is 10. The molecule has 1 saturated carbocycles. The summed E-state index contributed by atoms with van der Waals surface area (Å²) in [6, 6.07) is 21.0. The number of carbonyl (C=O) groups excluding carboxylic acids is 2. The molecule has 2 amide bonds. The molecule has 0 aliphatic heterocycles. The molecular formula is C29H31BrClN3O4S. The summed E-state index contributed by atoms with van der Waals surface area (Å²) >= 11 is 9.67. The highest BCUT2D eigenvalue weighted by Crippen LogP contribution is 2.27. The standard InChI is InChI=1S/C29H31BrClN3O4S/c1-21(29(36)32-25-12-5-6-13-25)33(19-22-9-7-10-23(30)17-22)28(35)20-34(26-14-8-11-24(31)18-26)39(37,38)27-15-3-2-4-16-27/h2-4,7-11,14-18,21,25H,5-6,12-13,19-20H2,1H3,(H,32,36)/t21-/m1/s1. The summed E-state index contributed by atoms with van der Waals surface area (Å²) in [5.74, 6) is -0.769. The van der Waals surface area contributed by atoms with Gasteiger partial charge in [0.15, 0.2) is 0 Å². The molecule has 1 N–H and O–H groups in total. The van der Waals surface area contributed by atoms with Gasteiger partial charge in [-0.25, -0.2) is 8.42 Å². The van der Waals surface area contributed by atoms with Crippen LogP contribution in [0.15, 0.2) is 88.2 Å². The number of nitrogens with zero attached hydrogens (tertiary/aromatic N) is 2. The molecule has 3 aromatic rings. The van der Waals surface area contributed by atoms with Crippen molar-refractivity contribution in [1.82, 2.24) is 10.2 Å². The third-order valence-corrected chi connectivity index (χ3v) is 9.33. The molecule has 10 heteroatoms. The molecule has 0 bridgehead atoms. The molecule has 39 heavy (non-hydrogen) atoms. The lowest BCUT2D eigenvalue weighted by Crippen LogP contribution is -2.52. The van der Waals surface area contributed by atoms with E-state index in [1.54, 1.807) is 43.3 Å². The largest absolute Gasteiger partial charge is 0.352 e. The normalized spacial score (nSPS) is 14.5. The van der Waals surface area contributed by atoms with E-state index in [4.69, 9.17) is 11.6 Å². The molecule has 0 heterocycles.